The molecule has 18 heavy (non-hydrogen) atoms. The van der Waals surface area contributed by atoms with E-state index in [1.54, 1.807) is 30.6 Å². The molecule has 2 aromatic rings. The zero-order valence-electron chi connectivity index (χ0n) is 10.1. The molecule has 2 N–H and O–H groups in total. The molecule has 0 atom stereocenters. The van der Waals surface area contributed by atoms with Crippen LogP contribution in [0.1, 0.15) is 15.4 Å². The molecule has 0 fully saturated rings. The maximum absolute atomic E-state index is 11.4. The molecule has 0 aliphatic rings. The monoisotopic (exact) mass is 261 g/mol. The van der Waals surface area contributed by atoms with E-state index in [-0.39, 0.29) is 5.91 Å². The molecule has 0 aliphatic carbocycles. The fraction of sp³-hybridized carbons (Fsp3) is 0.231. The van der Waals surface area contributed by atoms with Gasteiger partial charge < -0.3 is 10.6 Å². The van der Waals surface area contributed by atoms with Gasteiger partial charge in [0.2, 0.25) is 0 Å². The smallest absolute Gasteiger partial charge is 0.269 e. The molecule has 2 heterocycles. The number of thiophene rings is 1. The van der Waals surface area contributed by atoms with E-state index in [2.05, 4.69) is 33.1 Å². The standard InChI is InChI=1S/C13H15N3OS/c1-14-13(17)12-9-10(4-6-16-12)15-7-5-11-3-2-8-18-11/h2-4,6,8-9H,5,7H2,1H3,(H,14,17)(H,15,16). The first-order chi connectivity index (χ1) is 8.79. The molecule has 0 saturated heterocycles. The van der Waals surface area contributed by atoms with Gasteiger partial charge >= 0.3 is 0 Å². The molecule has 0 saturated carbocycles. The van der Waals surface area contributed by atoms with Crippen LogP contribution in [-0.4, -0.2) is 24.5 Å². The fourth-order valence-electron chi connectivity index (χ4n) is 1.58. The summed E-state index contributed by atoms with van der Waals surface area (Å²) in [5.41, 5.74) is 1.35. The van der Waals surface area contributed by atoms with Crippen LogP contribution in [0, 0.1) is 0 Å². The van der Waals surface area contributed by atoms with Gasteiger partial charge in [0, 0.05) is 30.4 Å². The Kier molecular flexibility index (Phi) is 4.30. The number of carbonyl (C=O) groups excluding carboxylic acids is 1. The second-order valence-electron chi connectivity index (χ2n) is 3.77. The molecular formula is C13H15N3OS. The number of nitrogens with zero attached hydrogens (tertiary/aromatic N) is 1. The highest BCUT2D eigenvalue weighted by atomic mass is 32.1. The number of amides is 1. The van der Waals surface area contributed by atoms with Crippen molar-refractivity contribution in [3.05, 3.63) is 46.4 Å². The van der Waals surface area contributed by atoms with Gasteiger partial charge in [-0.3, -0.25) is 9.78 Å². The number of hydrogen-bond acceptors (Lipinski definition) is 4. The van der Waals surface area contributed by atoms with Crippen LogP contribution in [0.5, 0.6) is 0 Å². The van der Waals surface area contributed by atoms with E-state index >= 15 is 0 Å². The lowest BCUT2D eigenvalue weighted by atomic mass is 10.3. The molecule has 4 nitrogen and oxygen atoms in total. The summed E-state index contributed by atoms with van der Waals surface area (Å²) < 4.78 is 0. The highest BCUT2D eigenvalue weighted by Gasteiger charge is 2.04. The van der Waals surface area contributed by atoms with Crippen molar-refractivity contribution in [2.75, 3.05) is 18.9 Å². The summed E-state index contributed by atoms with van der Waals surface area (Å²) in [7, 11) is 1.60. The molecule has 0 aromatic carbocycles. The van der Waals surface area contributed by atoms with Crippen molar-refractivity contribution >= 4 is 22.9 Å². The highest BCUT2D eigenvalue weighted by molar-refractivity contribution is 7.09. The van der Waals surface area contributed by atoms with Crippen molar-refractivity contribution in [2.24, 2.45) is 0 Å². The van der Waals surface area contributed by atoms with E-state index in [4.69, 9.17) is 0 Å². The minimum Gasteiger partial charge on any atom is -0.385 e. The topological polar surface area (TPSA) is 54.0 Å². The number of hydrogen-bond donors (Lipinski definition) is 2. The van der Waals surface area contributed by atoms with Gasteiger partial charge in [0.05, 0.1) is 0 Å². The van der Waals surface area contributed by atoms with Crippen molar-refractivity contribution in [2.45, 2.75) is 6.42 Å². The Morgan fingerprint density at radius 3 is 3.06 bits per heavy atom. The zero-order valence-corrected chi connectivity index (χ0v) is 11.0. The van der Waals surface area contributed by atoms with Crippen LogP contribution in [0.2, 0.25) is 0 Å². The maximum atomic E-state index is 11.4. The Morgan fingerprint density at radius 1 is 1.44 bits per heavy atom. The lowest BCUT2D eigenvalue weighted by molar-refractivity contribution is 0.0958. The quantitative estimate of drug-likeness (QED) is 0.867. The average Bonchev–Trinajstić information content (AvgIpc) is 2.91. The van der Waals surface area contributed by atoms with Crippen LogP contribution >= 0.6 is 11.3 Å². The van der Waals surface area contributed by atoms with E-state index in [0.717, 1.165) is 18.7 Å². The summed E-state index contributed by atoms with van der Waals surface area (Å²) in [6.45, 7) is 0.845. The third-order valence-corrected chi connectivity index (χ3v) is 3.44. The third-order valence-electron chi connectivity index (χ3n) is 2.50. The Bertz CT molecular complexity index is 511. The highest BCUT2D eigenvalue weighted by Crippen LogP contribution is 2.11. The van der Waals surface area contributed by atoms with Gasteiger partial charge in [-0.05, 0) is 30.0 Å². The maximum Gasteiger partial charge on any atom is 0.269 e. The van der Waals surface area contributed by atoms with E-state index in [1.807, 2.05) is 6.07 Å². The van der Waals surface area contributed by atoms with Gasteiger partial charge in [-0.15, -0.1) is 11.3 Å². The zero-order chi connectivity index (χ0) is 12.8. The van der Waals surface area contributed by atoms with E-state index < -0.39 is 0 Å². The molecule has 2 aromatic heterocycles. The lowest BCUT2D eigenvalue weighted by Gasteiger charge is -2.06. The molecule has 94 valence electrons. The summed E-state index contributed by atoms with van der Waals surface area (Å²) in [6, 6.07) is 7.79. The van der Waals surface area contributed by atoms with Gasteiger partial charge in [-0.1, -0.05) is 6.07 Å². The number of nitrogens with one attached hydrogen (secondary N) is 2. The van der Waals surface area contributed by atoms with Crippen molar-refractivity contribution < 1.29 is 4.79 Å². The van der Waals surface area contributed by atoms with Crippen LogP contribution in [0.15, 0.2) is 35.8 Å². The largest absolute Gasteiger partial charge is 0.385 e. The number of anilines is 1. The molecule has 0 aliphatic heterocycles. The number of rotatable bonds is 5. The first kappa shape index (κ1) is 12.6. The van der Waals surface area contributed by atoms with Gasteiger partial charge in [-0.2, -0.15) is 0 Å². The summed E-state index contributed by atoms with van der Waals surface area (Å²) in [5.74, 6) is -0.170. The molecule has 5 heteroatoms. The van der Waals surface area contributed by atoms with Crippen LogP contribution in [-0.2, 0) is 6.42 Å². The van der Waals surface area contributed by atoms with Crippen molar-refractivity contribution in [1.29, 1.82) is 0 Å². The van der Waals surface area contributed by atoms with Gasteiger partial charge in [0.15, 0.2) is 0 Å². The Labute approximate surface area is 110 Å². The number of pyridine rings is 1. The summed E-state index contributed by atoms with van der Waals surface area (Å²) in [5, 5.41) is 7.92. The number of aromatic nitrogens is 1. The first-order valence-corrected chi connectivity index (χ1v) is 6.62. The van der Waals surface area contributed by atoms with Crippen LogP contribution in [0.25, 0.3) is 0 Å². The second kappa shape index (κ2) is 6.16. The van der Waals surface area contributed by atoms with Crippen molar-refractivity contribution in [1.82, 2.24) is 10.3 Å². The lowest BCUT2D eigenvalue weighted by Crippen LogP contribution is -2.19. The van der Waals surface area contributed by atoms with Crippen LogP contribution in [0.4, 0.5) is 5.69 Å². The normalized spacial score (nSPS) is 10.1. The molecule has 1 amide bonds. The summed E-state index contributed by atoms with van der Waals surface area (Å²) >= 11 is 1.75. The summed E-state index contributed by atoms with van der Waals surface area (Å²) in [6.07, 6.45) is 2.62. The molecule has 0 bridgehead atoms. The predicted molar refractivity (Wildman–Crippen MR) is 74.1 cm³/mol. The van der Waals surface area contributed by atoms with Crippen LogP contribution < -0.4 is 10.6 Å². The molecule has 0 unspecified atom stereocenters. The first-order valence-electron chi connectivity index (χ1n) is 5.74. The van der Waals surface area contributed by atoms with Gasteiger partial charge in [-0.25, -0.2) is 0 Å². The predicted octanol–water partition coefficient (Wildman–Crippen LogP) is 2.16. The molecule has 0 radical (unpaired) electrons. The van der Waals surface area contributed by atoms with Gasteiger partial charge in [0.25, 0.3) is 5.91 Å². The minimum atomic E-state index is -0.170. The van der Waals surface area contributed by atoms with E-state index in [9.17, 15) is 4.79 Å². The molecule has 2 rings (SSSR count). The Balaban J connectivity index is 1.91. The number of carbonyl (C=O) groups is 1. The average molecular weight is 261 g/mol. The van der Waals surface area contributed by atoms with E-state index in [0.29, 0.717) is 5.69 Å². The summed E-state index contributed by atoms with van der Waals surface area (Å²) in [4.78, 5) is 16.8. The van der Waals surface area contributed by atoms with Crippen molar-refractivity contribution in [3.63, 3.8) is 0 Å². The van der Waals surface area contributed by atoms with Gasteiger partial charge in [0.1, 0.15) is 5.69 Å². The minimum absolute atomic E-state index is 0.170. The van der Waals surface area contributed by atoms with Crippen LogP contribution in [0.3, 0.4) is 0 Å². The Morgan fingerprint density at radius 2 is 2.33 bits per heavy atom. The van der Waals surface area contributed by atoms with E-state index in [1.165, 1.54) is 4.88 Å². The fourth-order valence-corrected chi connectivity index (χ4v) is 2.29. The van der Waals surface area contributed by atoms with Crippen molar-refractivity contribution in [3.8, 4) is 0 Å². The molecular weight excluding hydrogens is 246 g/mol. The second-order valence-corrected chi connectivity index (χ2v) is 4.80. The molecule has 0 spiro atoms. The third kappa shape index (κ3) is 3.30. The Hall–Kier alpha value is -1.88. The SMILES string of the molecule is CNC(=O)c1cc(NCCc2cccs2)ccn1.